The van der Waals surface area contributed by atoms with Crippen LogP contribution < -0.4 is 21.6 Å². The Morgan fingerprint density at radius 2 is 1.66 bits per heavy atom. The summed E-state index contributed by atoms with van der Waals surface area (Å²) >= 11 is 0. The van der Waals surface area contributed by atoms with Gasteiger partial charge < -0.3 is 19.3 Å². The molecule has 0 spiro atoms. The van der Waals surface area contributed by atoms with Gasteiger partial charge in [0.1, 0.15) is 17.8 Å². The molecule has 0 radical (unpaired) electrons. The van der Waals surface area contributed by atoms with Crippen LogP contribution >= 0.6 is 0 Å². The van der Waals surface area contributed by atoms with E-state index >= 15 is 0 Å². The maximum absolute atomic E-state index is 13.3. The van der Waals surface area contributed by atoms with Gasteiger partial charge in [0.25, 0.3) is 5.56 Å². The molecule has 2 fully saturated rings. The van der Waals surface area contributed by atoms with E-state index in [2.05, 4.69) is 4.98 Å². The normalized spacial score (nSPS) is 28.0. The number of nitrogens with zero attached hydrogens (tertiary/aromatic N) is 1. The molecule has 3 aromatic rings. The molecule has 0 aliphatic carbocycles. The zero-order chi connectivity index (χ0) is 24.8. The number of aromatic amines is 1. The van der Waals surface area contributed by atoms with Crippen molar-refractivity contribution < 1.29 is 19.3 Å². The van der Waals surface area contributed by atoms with Crippen molar-refractivity contribution >= 4 is 19.2 Å². The molecular formula is C26H30N2O6Si. The van der Waals surface area contributed by atoms with Crippen molar-refractivity contribution in [2.45, 2.75) is 49.5 Å². The molecule has 8 nitrogen and oxygen atoms in total. The van der Waals surface area contributed by atoms with E-state index in [1.54, 1.807) is 0 Å². The number of aliphatic hydroxyl groups is 1. The highest BCUT2D eigenvalue weighted by molar-refractivity contribution is 6.86. The minimum absolute atomic E-state index is 0.0960. The van der Waals surface area contributed by atoms with Crippen LogP contribution in [0.2, 0.25) is 0 Å². The molecule has 2 N–H and O–H groups in total. The lowest BCUT2D eigenvalue weighted by Gasteiger charge is -2.45. The van der Waals surface area contributed by atoms with Crippen molar-refractivity contribution in [3.63, 3.8) is 0 Å². The summed E-state index contributed by atoms with van der Waals surface area (Å²) in [7, 11) is -2.53. The molecule has 2 aromatic carbocycles. The fourth-order valence-electron chi connectivity index (χ4n) is 5.20. The van der Waals surface area contributed by atoms with Crippen LogP contribution in [-0.4, -0.2) is 60.1 Å². The van der Waals surface area contributed by atoms with Crippen LogP contribution in [0.1, 0.15) is 20.8 Å². The summed E-state index contributed by atoms with van der Waals surface area (Å²) in [4.78, 5) is 27.6. The highest BCUT2D eigenvalue weighted by Crippen LogP contribution is 2.50. The number of benzene rings is 2. The first kappa shape index (κ1) is 23.9. The lowest BCUT2D eigenvalue weighted by molar-refractivity contribution is -0.227. The summed E-state index contributed by atoms with van der Waals surface area (Å²) < 4.78 is 20.7. The van der Waals surface area contributed by atoms with Gasteiger partial charge in [-0.25, -0.2) is 4.79 Å². The van der Waals surface area contributed by atoms with Crippen molar-refractivity contribution in [2.24, 2.45) is 0 Å². The summed E-state index contributed by atoms with van der Waals surface area (Å²) in [5.74, 6) is 0. The molecule has 2 bridgehead atoms. The smallest absolute Gasteiger partial charge is 0.330 e. The van der Waals surface area contributed by atoms with Gasteiger partial charge in [0.05, 0.1) is 18.8 Å². The van der Waals surface area contributed by atoms with Gasteiger partial charge in [0.2, 0.25) is 0 Å². The van der Waals surface area contributed by atoms with Crippen LogP contribution in [0.4, 0.5) is 0 Å². The molecule has 0 saturated carbocycles. The lowest BCUT2D eigenvalue weighted by Crippen LogP contribution is -2.70. The average molecular weight is 495 g/mol. The summed E-state index contributed by atoms with van der Waals surface area (Å²) in [5.41, 5.74) is -2.75. The maximum Gasteiger partial charge on any atom is 0.330 e. The zero-order valence-electron chi connectivity index (χ0n) is 20.0. The van der Waals surface area contributed by atoms with Crippen LogP contribution in [-0.2, 0) is 19.6 Å². The van der Waals surface area contributed by atoms with Crippen molar-refractivity contribution in [3.05, 3.63) is 93.8 Å². The Labute approximate surface area is 204 Å². The van der Waals surface area contributed by atoms with Crippen molar-refractivity contribution in [3.8, 4) is 0 Å². The largest absolute Gasteiger partial charge is 0.387 e. The van der Waals surface area contributed by atoms with Gasteiger partial charge in [-0.1, -0.05) is 71.0 Å². The van der Waals surface area contributed by atoms with Crippen LogP contribution in [0.25, 0.3) is 0 Å². The Morgan fingerprint density at radius 1 is 1.06 bits per heavy atom. The van der Waals surface area contributed by atoms with E-state index in [0.717, 1.165) is 10.4 Å². The number of rotatable bonds is 6. The first-order valence-corrected chi connectivity index (χ1v) is 13.5. The van der Waals surface area contributed by atoms with Crippen molar-refractivity contribution in [2.75, 3.05) is 13.2 Å². The van der Waals surface area contributed by atoms with Gasteiger partial charge >= 0.3 is 5.69 Å². The molecule has 2 aliphatic rings. The van der Waals surface area contributed by atoms with Crippen LogP contribution in [0.15, 0.2) is 82.5 Å². The lowest BCUT2D eigenvalue weighted by atomic mass is 10.00. The Hall–Kier alpha value is -2.82. The van der Waals surface area contributed by atoms with Gasteiger partial charge in [-0.15, -0.1) is 0 Å². The number of ether oxygens (including phenoxy) is 3. The summed E-state index contributed by atoms with van der Waals surface area (Å²) in [6, 6.07) is 21.0. The average Bonchev–Trinajstić information content (AvgIpc) is 3.27. The van der Waals surface area contributed by atoms with Crippen LogP contribution in [0, 0.1) is 0 Å². The minimum Gasteiger partial charge on any atom is -0.387 e. The highest BCUT2D eigenvalue weighted by Gasteiger charge is 2.72. The van der Waals surface area contributed by atoms with E-state index in [-0.39, 0.29) is 13.2 Å². The van der Waals surface area contributed by atoms with E-state index in [1.165, 1.54) is 16.8 Å². The van der Waals surface area contributed by atoms with Gasteiger partial charge in [-0.3, -0.25) is 14.3 Å². The topological polar surface area (TPSA) is 103 Å². The third-order valence-corrected chi connectivity index (χ3v) is 10.4. The fraction of sp³-hybridized carbons (Fsp3) is 0.385. The number of aliphatic hydroxyl groups excluding tert-OH is 1. The Morgan fingerprint density at radius 3 is 2.20 bits per heavy atom. The number of H-pyrrole nitrogens is 1. The van der Waals surface area contributed by atoms with Gasteiger partial charge in [0, 0.05) is 12.3 Å². The molecule has 9 heteroatoms. The number of aromatic nitrogens is 2. The summed E-state index contributed by atoms with van der Waals surface area (Å²) in [6.45, 7) is 6.04. The zero-order valence-corrected chi connectivity index (χ0v) is 21.2. The van der Waals surface area contributed by atoms with Gasteiger partial charge in [-0.2, -0.15) is 0 Å². The van der Waals surface area contributed by atoms with Crippen molar-refractivity contribution in [1.29, 1.82) is 0 Å². The highest BCUT2D eigenvalue weighted by atomic mass is 28.3. The third-order valence-electron chi connectivity index (χ3n) is 6.74. The molecule has 35 heavy (non-hydrogen) atoms. The SMILES string of the molecule is CC(C)(C)OC[C@]12CO[C@H]([C@@H]1O)[C@@](n1ccc(=O)[nH]c1=O)([SiH](c1ccccc1)c1ccccc1)O2. The van der Waals surface area contributed by atoms with Gasteiger partial charge in [0.15, 0.2) is 14.1 Å². The second-order valence-electron chi connectivity index (χ2n) is 10.2. The van der Waals surface area contributed by atoms with Crippen LogP contribution in [0.3, 0.4) is 0 Å². The second kappa shape index (κ2) is 8.68. The molecule has 2 aliphatic heterocycles. The molecule has 5 rings (SSSR count). The van der Waals surface area contributed by atoms with E-state index in [9.17, 15) is 14.7 Å². The maximum atomic E-state index is 13.3. The predicted molar refractivity (Wildman–Crippen MR) is 134 cm³/mol. The first-order chi connectivity index (χ1) is 16.7. The molecule has 1 aromatic heterocycles. The Balaban J connectivity index is 1.76. The summed E-state index contributed by atoms with van der Waals surface area (Å²) in [6.07, 6.45) is -0.430. The second-order valence-corrected chi connectivity index (χ2v) is 13.3. The molecule has 3 heterocycles. The molecule has 4 atom stereocenters. The Bertz CT molecular complexity index is 1270. The first-order valence-electron chi connectivity index (χ1n) is 11.7. The molecule has 0 amide bonds. The Kier molecular flexibility index (Phi) is 5.93. The number of fused-ring (bicyclic) bond motifs is 2. The van der Waals surface area contributed by atoms with Gasteiger partial charge in [-0.05, 0) is 20.8 Å². The fourth-order valence-corrected chi connectivity index (χ4v) is 9.19. The number of hydrogen-bond acceptors (Lipinski definition) is 6. The number of nitrogens with one attached hydrogen (secondary N) is 1. The van der Waals surface area contributed by atoms with E-state index < -0.39 is 48.8 Å². The van der Waals surface area contributed by atoms with E-state index in [4.69, 9.17) is 14.2 Å². The number of hydrogen-bond donors (Lipinski definition) is 2. The summed E-state index contributed by atoms with van der Waals surface area (Å²) in [5, 5.41) is 12.2. The monoisotopic (exact) mass is 494 g/mol. The standard InChI is InChI=1S/C26H30N2O6Si/c1-24(2,3)33-17-25-16-32-22(21(25)30)26(34-25,28-15-14-20(29)27-23(28)31)35(18-10-6-4-7-11-18)19-12-8-5-9-13-19/h4-15,21-22,30,35H,16-17H2,1-3H3,(H,27,29,31)/t21-,22+,25+,26-/m0/s1. The quantitative estimate of drug-likeness (QED) is 0.472. The predicted octanol–water partition coefficient (Wildman–Crippen LogP) is 0.114. The van der Waals surface area contributed by atoms with E-state index in [0.29, 0.717) is 0 Å². The third kappa shape index (κ3) is 4.03. The van der Waals surface area contributed by atoms with Crippen molar-refractivity contribution in [1.82, 2.24) is 9.55 Å². The van der Waals surface area contributed by atoms with Crippen LogP contribution in [0.5, 0.6) is 0 Å². The van der Waals surface area contributed by atoms with E-state index in [1.807, 2.05) is 81.4 Å². The minimum atomic E-state index is -2.53. The molecule has 184 valence electrons. The molecule has 2 saturated heterocycles. The molecule has 0 unspecified atom stereocenters. The molecular weight excluding hydrogens is 464 g/mol.